The van der Waals surface area contributed by atoms with E-state index in [4.69, 9.17) is 0 Å². The highest BCUT2D eigenvalue weighted by Crippen LogP contribution is 2.18. The van der Waals surface area contributed by atoms with Crippen LogP contribution in [0.3, 0.4) is 0 Å². The molecule has 1 aromatic heterocycles. The SMILES string of the molecule is O=C(Cc1cccs1)N1CCCN(C(=O)c2ccc(F)c(F)c2F)CC1. The molecule has 1 aliphatic rings. The Morgan fingerprint density at radius 2 is 1.69 bits per heavy atom. The van der Waals surface area contributed by atoms with Gasteiger partial charge in [-0.3, -0.25) is 9.59 Å². The Kier molecular flexibility index (Phi) is 5.61. The third-order valence-corrected chi connectivity index (χ3v) is 5.18. The highest BCUT2D eigenvalue weighted by Gasteiger charge is 2.26. The van der Waals surface area contributed by atoms with Crippen LogP contribution in [0.2, 0.25) is 0 Å². The fraction of sp³-hybridized carbons (Fsp3) is 0.333. The summed E-state index contributed by atoms with van der Waals surface area (Å²) in [6, 6.07) is 5.45. The van der Waals surface area contributed by atoms with Gasteiger partial charge in [-0.15, -0.1) is 11.3 Å². The van der Waals surface area contributed by atoms with Gasteiger partial charge in [-0.05, 0) is 30.0 Å². The molecule has 8 heteroatoms. The van der Waals surface area contributed by atoms with Crippen LogP contribution in [0.1, 0.15) is 21.7 Å². The summed E-state index contributed by atoms with van der Waals surface area (Å²) in [4.78, 5) is 28.9. The Bertz CT molecular complexity index is 811. The summed E-state index contributed by atoms with van der Waals surface area (Å²) in [6.45, 7) is 1.35. The molecule has 1 aliphatic heterocycles. The number of benzene rings is 1. The molecule has 2 amide bonds. The van der Waals surface area contributed by atoms with Gasteiger partial charge >= 0.3 is 0 Å². The van der Waals surface area contributed by atoms with Crippen LogP contribution in [-0.2, 0) is 11.2 Å². The molecule has 0 saturated carbocycles. The Morgan fingerprint density at radius 3 is 2.42 bits per heavy atom. The number of amides is 2. The van der Waals surface area contributed by atoms with Gasteiger partial charge in [0.15, 0.2) is 17.5 Å². The lowest BCUT2D eigenvalue weighted by Gasteiger charge is -2.22. The number of hydrogen-bond acceptors (Lipinski definition) is 3. The molecule has 1 saturated heterocycles. The Hall–Kier alpha value is -2.35. The van der Waals surface area contributed by atoms with Gasteiger partial charge in [0.1, 0.15) is 0 Å². The summed E-state index contributed by atoms with van der Waals surface area (Å²) >= 11 is 1.51. The first kappa shape index (κ1) is 18.4. The Morgan fingerprint density at radius 1 is 0.962 bits per heavy atom. The number of carbonyl (C=O) groups is 2. The lowest BCUT2D eigenvalue weighted by atomic mass is 10.1. The van der Waals surface area contributed by atoms with Gasteiger partial charge in [-0.1, -0.05) is 6.07 Å². The lowest BCUT2D eigenvalue weighted by Crippen LogP contribution is -2.38. The number of hydrogen-bond donors (Lipinski definition) is 0. The number of rotatable bonds is 3. The zero-order valence-electron chi connectivity index (χ0n) is 13.9. The zero-order valence-corrected chi connectivity index (χ0v) is 14.7. The highest BCUT2D eigenvalue weighted by molar-refractivity contribution is 7.10. The van der Waals surface area contributed by atoms with Crippen LogP contribution in [0.15, 0.2) is 29.6 Å². The molecule has 2 aromatic rings. The average molecular weight is 382 g/mol. The molecule has 4 nitrogen and oxygen atoms in total. The van der Waals surface area contributed by atoms with Gasteiger partial charge < -0.3 is 9.80 Å². The summed E-state index contributed by atoms with van der Waals surface area (Å²) in [7, 11) is 0. The first-order valence-electron chi connectivity index (χ1n) is 8.20. The Balaban J connectivity index is 1.66. The van der Waals surface area contributed by atoms with Crippen molar-refractivity contribution in [2.45, 2.75) is 12.8 Å². The minimum absolute atomic E-state index is 0.0271. The molecule has 0 radical (unpaired) electrons. The van der Waals surface area contributed by atoms with Crippen molar-refractivity contribution in [2.24, 2.45) is 0 Å². The van der Waals surface area contributed by atoms with Crippen molar-refractivity contribution in [3.8, 4) is 0 Å². The van der Waals surface area contributed by atoms with E-state index in [1.807, 2.05) is 17.5 Å². The molecule has 3 rings (SSSR count). The second-order valence-electron chi connectivity index (χ2n) is 6.01. The molecular weight excluding hydrogens is 365 g/mol. The van der Waals surface area contributed by atoms with Gasteiger partial charge in [0.2, 0.25) is 5.91 Å². The summed E-state index contributed by atoms with van der Waals surface area (Å²) < 4.78 is 40.3. The third-order valence-electron chi connectivity index (χ3n) is 4.31. The minimum atomic E-state index is -1.65. The van der Waals surface area contributed by atoms with E-state index in [1.165, 1.54) is 16.2 Å². The third kappa shape index (κ3) is 3.90. The normalized spacial score (nSPS) is 15.0. The van der Waals surface area contributed by atoms with Crippen LogP contribution >= 0.6 is 11.3 Å². The standard InChI is InChI=1S/C18H17F3N2O2S/c19-14-5-4-13(16(20)17(14)21)18(25)23-7-2-6-22(8-9-23)15(24)11-12-3-1-10-26-12/h1,3-5,10H,2,6-9,11H2. The maximum atomic E-state index is 13.9. The van der Waals surface area contributed by atoms with E-state index >= 15 is 0 Å². The molecule has 0 spiro atoms. The first-order chi connectivity index (χ1) is 12.5. The summed E-state index contributed by atoms with van der Waals surface area (Å²) in [6.07, 6.45) is 0.844. The molecule has 138 valence electrons. The Labute approximate surface area is 152 Å². The quantitative estimate of drug-likeness (QED) is 0.766. The zero-order chi connectivity index (χ0) is 18.7. The molecule has 1 aromatic carbocycles. The molecular formula is C18H17F3N2O2S. The van der Waals surface area contributed by atoms with Crippen molar-refractivity contribution in [2.75, 3.05) is 26.2 Å². The van der Waals surface area contributed by atoms with Gasteiger partial charge in [-0.2, -0.15) is 0 Å². The molecule has 26 heavy (non-hydrogen) atoms. The lowest BCUT2D eigenvalue weighted by molar-refractivity contribution is -0.130. The molecule has 0 bridgehead atoms. The van der Waals surface area contributed by atoms with Crippen molar-refractivity contribution in [3.05, 3.63) is 57.5 Å². The van der Waals surface area contributed by atoms with Crippen molar-refractivity contribution >= 4 is 23.2 Å². The van der Waals surface area contributed by atoms with Gasteiger partial charge in [0, 0.05) is 31.1 Å². The second kappa shape index (κ2) is 7.90. The van der Waals surface area contributed by atoms with E-state index < -0.39 is 28.9 Å². The monoisotopic (exact) mass is 382 g/mol. The van der Waals surface area contributed by atoms with Gasteiger partial charge in [0.05, 0.1) is 12.0 Å². The average Bonchev–Trinajstić information content (AvgIpc) is 3.00. The predicted molar refractivity (Wildman–Crippen MR) is 91.4 cm³/mol. The number of nitrogens with zero attached hydrogens (tertiary/aromatic N) is 2. The van der Waals surface area contributed by atoms with E-state index in [0.717, 1.165) is 17.0 Å². The maximum Gasteiger partial charge on any atom is 0.257 e. The summed E-state index contributed by atoms with van der Waals surface area (Å²) in [5.41, 5.74) is -0.498. The van der Waals surface area contributed by atoms with Crippen molar-refractivity contribution in [3.63, 3.8) is 0 Å². The van der Waals surface area contributed by atoms with Crippen LogP contribution in [0.5, 0.6) is 0 Å². The predicted octanol–water partition coefficient (Wildman–Crippen LogP) is 3.08. The highest BCUT2D eigenvalue weighted by atomic mass is 32.1. The molecule has 1 fully saturated rings. The van der Waals surface area contributed by atoms with Crippen molar-refractivity contribution in [1.29, 1.82) is 0 Å². The fourth-order valence-corrected chi connectivity index (χ4v) is 3.60. The van der Waals surface area contributed by atoms with Crippen LogP contribution in [0, 0.1) is 17.5 Å². The molecule has 0 N–H and O–H groups in total. The number of thiophene rings is 1. The van der Waals surface area contributed by atoms with Crippen LogP contribution in [0.4, 0.5) is 13.2 Å². The smallest absolute Gasteiger partial charge is 0.257 e. The molecule has 2 heterocycles. The van der Waals surface area contributed by atoms with Crippen molar-refractivity contribution < 1.29 is 22.8 Å². The van der Waals surface area contributed by atoms with Crippen LogP contribution in [-0.4, -0.2) is 47.8 Å². The van der Waals surface area contributed by atoms with E-state index in [-0.39, 0.29) is 12.5 Å². The largest absolute Gasteiger partial charge is 0.341 e. The van der Waals surface area contributed by atoms with Crippen molar-refractivity contribution in [1.82, 2.24) is 9.80 Å². The summed E-state index contributed by atoms with van der Waals surface area (Å²) in [5.74, 6) is -5.20. The number of halogens is 3. The molecule has 0 atom stereocenters. The number of carbonyl (C=O) groups excluding carboxylic acids is 2. The van der Waals surface area contributed by atoms with Crippen LogP contribution in [0.25, 0.3) is 0 Å². The second-order valence-corrected chi connectivity index (χ2v) is 7.04. The first-order valence-corrected chi connectivity index (χ1v) is 9.08. The molecule has 0 unspecified atom stereocenters. The van der Waals surface area contributed by atoms with Gasteiger partial charge in [-0.25, -0.2) is 13.2 Å². The molecule has 0 aliphatic carbocycles. The van der Waals surface area contributed by atoms with Crippen LogP contribution < -0.4 is 0 Å². The summed E-state index contributed by atoms with van der Waals surface area (Å²) in [5, 5.41) is 1.90. The maximum absolute atomic E-state index is 13.9. The minimum Gasteiger partial charge on any atom is -0.341 e. The van der Waals surface area contributed by atoms with E-state index in [9.17, 15) is 22.8 Å². The van der Waals surface area contributed by atoms with E-state index in [2.05, 4.69) is 0 Å². The van der Waals surface area contributed by atoms with E-state index in [0.29, 0.717) is 32.5 Å². The topological polar surface area (TPSA) is 40.6 Å². The van der Waals surface area contributed by atoms with E-state index in [1.54, 1.807) is 4.90 Å². The fourth-order valence-electron chi connectivity index (χ4n) is 2.91. The van der Waals surface area contributed by atoms with Gasteiger partial charge in [0.25, 0.3) is 5.91 Å².